The zero-order valence-electron chi connectivity index (χ0n) is 1.98. The van der Waals surface area contributed by atoms with Crippen LogP contribution in [0.4, 0.5) is 0 Å². The van der Waals surface area contributed by atoms with E-state index in [1.165, 1.54) is 0 Å². The van der Waals surface area contributed by atoms with Crippen LogP contribution in [-0.4, -0.2) is 29.6 Å². The molecule has 0 aromatic carbocycles. The van der Waals surface area contributed by atoms with Crippen LogP contribution in [0.5, 0.6) is 0 Å². The molecule has 0 N–H and O–H groups in total. The fraction of sp³-hybridized carbons (Fsp3) is 0. The third-order valence-corrected chi connectivity index (χ3v) is 0.429. The Kier molecular flexibility index (Phi) is 11.2. The average molecular weight is 143 g/mol. The molecule has 0 bridgehead atoms. The maximum Gasteiger partial charge on any atom is 0.310 e. The molecule has 34 valence electrons. The molecule has 0 atom stereocenters. The van der Waals surface area contributed by atoms with E-state index in [4.69, 9.17) is 9.32 Å². The molecule has 0 aliphatic heterocycles. The van der Waals surface area contributed by atoms with Gasteiger partial charge in [0.1, 0.15) is 3.84 Å². The van der Waals surface area contributed by atoms with Gasteiger partial charge in [-0.05, 0) is 0 Å². The molecule has 0 aliphatic rings. The Labute approximate surface area is 65.1 Å². The number of hydrogen-bond donors (Lipinski definition) is 0. The van der Waals surface area contributed by atoms with Gasteiger partial charge in [0.15, 0.2) is 11.9 Å². The van der Waals surface area contributed by atoms with E-state index in [2.05, 4.69) is 15.7 Å². The SMILES string of the molecule is [NaH].[O-][Cl+2]([O-])OCl. The average Bonchev–Trinajstić information content (AvgIpc) is 1.38. The zero-order valence-corrected chi connectivity index (χ0v) is 3.49. The van der Waals surface area contributed by atoms with Crippen molar-refractivity contribution in [2.45, 2.75) is 0 Å². The molecule has 0 rings (SSSR count). The summed E-state index contributed by atoms with van der Waals surface area (Å²) in [5.74, 6) is 0. The third-order valence-electron chi connectivity index (χ3n) is 0.0476. The maximum absolute atomic E-state index is 8.98. The first-order valence-electron chi connectivity index (χ1n) is 0.617. The van der Waals surface area contributed by atoms with Crippen LogP contribution in [0.1, 0.15) is 0 Å². The van der Waals surface area contributed by atoms with E-state index in [9.17, 15) is 0 Å². The number of hydrogen-bond acceptors (Lipinski definition) is 3. The number of halogens is 2. The molecule has 0 amide bonds. The monoisotopic (exact) mass is 142 g/mol. The molecule has 0 spiro atoms. The minimum Gasteiger partial charge on any atom is -0.319 e. The summed E-state index contributed by atoms with van der Waals surface area (Å²) in [6.07, 6.45) is 0. The van der Waals surface area contributed by atoms with Crippen molar-refractivity contribution in [1.29, 1.82) is 0 Å². The topological polar surface area (TPSA) is 55.3 Å². The largest absolute Gasteiger partial charge is 0.319 e. The van der Waals surface area contributed by atoms with Crippen LogP contribution in [0.3, 0.4) is 0 Å². The van der Waals surface area contributed by atoms with Crippen LogP contribution >= 0.6 is 11.9 Å². The van der Waals surface area contributed by atoms with Gasteiger partial charge in [-0.25, -0.2) is 0 Å². The van der Waals surface area contributed by atoms with Crippen LogP contribution in [-0.2, 0) is 3.84 Å². The van der Waals surface area contributed by atoms with E-state index in [1.807, 2.05) is 0 Å². The van der Waals surface area contributed by atoms with E-state index < -0.39 is 10.8 Å². The Bertz CT molecular complexity index is 22.8. The number of rotatable bonds is 1. The van der Waals surface area contributed by atoms with Crippen molar-refractivity contribution in [2.24, 2.45) is 0 Å². The van der Waals surface area contributed by atoms with Gasteiger partial charge in [-0.2, -0.15) is 0 Å². The second-order valence-corrected chi connectivity index (χ2v) is 1.09. The first kappa shape index (κ1) is 10.4. The predicted molar refractivity (Wildman–Crippen MR) is 14.1 cm³/mol. The van der Waals surface area contributed by atoms with E-state index in [-0.39, 0.29) is 29.6 Å². The third kappa shape index (κ3) is 9.07. The van der Waals surface area contributed by atoms with Crippen molar-refractivity contribution < 1.29 is 23.9 Å². The van der Waals surface area contributed by atoms with Crippen molar-refractivity contribution in [1.82, 2.24) is 0 Å². The fourth-order valence-corrected chi connectivity index (χ4v) is 0. The molecular formula is HCl2NaO3. The van der Waals surface area contributed by atoms with Crippen LogP contribution in [0.2, 0.25) is 0 Å². The van der Waals surface area contributed by atoms with Gasteiger partial charge >= 0.3 is 40.3 Å². The molecule has 6 heavy (non-hydrogen) atoms. The Morgan fingerprint density at radius 1 is 1.50 bits per heavy atom. The predicted octanol–water partition coefficient (Wildman–Crippen LogP) is -2.41. The van der Waals surface area contributed by atoms with Crippen molar-refractivity contribution in [2.75, 3.05) is 0 Å². The first-order valence-corrected chi connectivity index (χ1v) is 1.85. The zero-order chi connectivity index (χ0) is 4.28. The molecule has 6 heteroatoms. The van der Waals surface area contributed by atoms with Gasteiger partial charge in [-0.1, -0.05) is 0 Å². The first-order chi connectivity index (χ1) is 2.27. The molecule has 0 aliphatic carbocycles. The summed E-state index contributed by atoms with van der Waals surface area (Å²) in [5.41, 5.74) is 0. The summed E-state index contributed by atoms with van der Waals surface area (Å²) >= 11 is 4.21. The van der Waals surface area contributed by atoms with Crippen LogP contribution in [0.25, 0.3) is 0 Å². The second-order valence-electron chi connectivity index (χ2n) is 0.247. The van der Waals surface area contributed by atoms with Crippen LogP contribution < -0.4 is 9.32 Å². The Morgan fingerprint density at radius 3 is 1.67 bits per heavy atom. The Hall–Kier alpha value is 1.46. The molecule has 0 saturated carbocycles. The van der Waals surface area contributed by atoms with E-state index in [1.54, 1.807) is 0 Å². The summed E-state index contributed by atoms with van der Waals surface area (Å²) in [6, 6.07) is 0. The maximum atomic E-state index is 8.98. The van der Waals surface area contributed by atoms with Gasteiger partial charge < -0.3 is 9.32 Å². The van der Waals surface area contributed by atoms with Crippen molar-refractivity contribution in [3.05, 3.63) is 0 Å². The Morgan fingerprint density at radius 2 is 1.67 bits per heavy atom. The molecule has 0 aromatic heterocycles. The van der Waals surface area contributed by atoms with Gasteiger partial charge in [0.05, 0.1) is 0 Å². The normalized spacial score (nSPS) is 8.00. The summed E-state index contributed by atoms with van der Waals surface area (Å²) in [6.45, 7) is 0. The van der Waals surface area contributed by atoms with E-state index >= 15 is 0 Å². The summed E-state index contributed by atoms with van der Waals surface area (Å²) < 4.78 is 21.1. The minimum atomic E-state index is -2.28. The molecule has 0 unspecified atom stereocenters. The molecule has 0 saturated heterocycles. The van der Waals surface area contributed by atoms with Crippen LogP contribution in [0.15, 0.2) is 0 Å². The second kappa shape index (κ2) is 6.46. The van der Waals surface area contributed by atoms with Gasteiger partial charge in [-0.3, -0.25) is 0 Å². The van der Waals surface area contributed by atoms with E-state index in [0.717, 1.165) is 0 Å². The molecule has 3 nitrogen and oxygen atoms in total. The molecule has 0 fully saturated rings. The Balaban J connectivity index is 0. The standard InChI is InChI=1S/Cl2O3.Na.H/c1-5-2(3)4;;. The van der Waals surface area contributed by atoms with Crippen LogP contribution in [0, 0.1) is 10.8 Å². The quantitative estimate of drug-likeness (QED) is 0.384. The van der Waals surface area contributed by atoms with E-state index in [0.29, 0.717) is 0 Å². The molecule has 0 radical (unpaired) electrons. The van der Waals surface area contributed by atoms with Gasteiger partial charge in [-0.15, -0.1) is 0 Å². The smallest absolute Gasteiger partial charge is 0.310 e. The molecule has 0 heterocycles. The fourth-order valence-electron chi connectivity index (χ4n) is 0. The summed E-state index contributed by atoms with van der Waals surface area (Å²) in [7, 11) is -2.28. The van der Waals surface area contributed by atoms with Crippen molar-refractivity contribution in [3.8, 4) is 0 Å². The summed E-state index contributed by atoms with van der Waals surface area (Å²) in [5, 5.41) is 0. The van der Waals surface area contributed by atoms with Gasteiger partial charge in [0.25, 0.3) is 0 Å². The minimum absolute atomic E-state index is 0. The van der Waals surface area contributed by atoms with Crippen molar-refractivity contribution in [3.63, 3.8) is 0 Å². The van der Waals surface area contributed by atoms with Gasteiger partial charge in [0.2, 0.25) is 0 Å². The van der Waals surface area contributed by atoms with Crippen molar-refractivity contribution >= 4 is 41.4 Å². The molecular weight excluding hydrogens is 142 g/mol. The van der Waals surface area contributed by atoms with Gasteiger partial charge in [0, 0.05) is 0 Å². The molecule has 0 aromatic rings. The summed E-state index contributed by atoms with van der Waals surface area (Å²) in [4.78, 5) is 0.